The van der Waals surface area contributed by atoms with Crippen molar-refractivity contribution in [2.24, 2.45) is 5.92 Å². The van der Waals surface area contributed by atoms with Gasteiger partial charge in [0.25, 0.3) is 0 Å². The largest absolute Gasteiger partial charge is 0.466 e. The molecule has 0 unspecified atom stereocenters. The zero-order valence-electron chi connectivity index (χ0n) is 18.3. The van der Waals surface area contributed by atoms with Gasteiger partial charge in [-0.1, -0.05) is 117 Å². The molecule has 0 spiro atoms. The Kier molecular flexibility index (Phi) is 20.4. The predicted molar refractivity (Wildman–Crippen MR) is 115 cm³/mol. The molecule has 0 heterocycles. The topological polar surface area (TPSA) is 26.3 Å². The standard InChI is InChI=1S/C24H48O2/c1-4-5-6-7-8-9-10-11-12-16-19-22-26-24(25)21-18-15-13-14-17-20-23(2)3/h23H,4-22H2,1-3H3. The van der Waals surface area contributed by atoms with Gasteiger partial charge in [0.2, 0.25) is 0 Å². The molecule has 0 aromatic rings. The molecule has 0 aliphatic carbocycles. The van der Waals surface area contributed by atoms with Gasteiger partial charge in [0.15, 0.2) is 0 Å². The summed E-state index contributed by atoms with van der Waals surface area (Å²) in [5, 5.41) is 0. The highest BCUT2D eigenvalue weighted by atomic mass is 16.5. The average molecular weight is 369 g/mol. The van der Waals surface area contributed by atoms with E-state index in [1.807, 2.05) is 0 Å². The maximum absolute atomic E-state index is 11.7. The first-order chi connectivity index (χ1) is 12.7. The number of rotatable bonds is 20. The molecule has 0 aromatic carbocycles. The van der Waals surface area contributed by atoms with Crippen molar-refractivity contribution in [3.63, 3.8) is 0 Å². The van der Waals surface area contributed by atoms with E-state index < -0.39 is 0 Å². The predicted octanol–water partition coefficient (Wildman–Crippen LogP) is 8.23. The summed E-state index contributed by atoms with van der Waals surface area (Å²) in [7, 11) is 0. The fourth-order valence-corrected chi connectivity index (χ4v) is 3.38. The SMILES string of the molecule is CCCCCCCCCCCCCOC(=O)CCCCCCCC(C)C. The number of carbonyl (C=O) groups excluding carboxylic acids is 1. The summed E-state index contributed by atoms with van der Waals surface area (Å²) in [6, 6.07) is 0. The van der Waals surface area contributed by atoms with Crippen LogP contribution in [-0.4, -0.2) is 12.6 Å². The third kappa shape index (κ3) is 21.5. The summed E-state index contributed by atoms with van der Waals surface area (Å²) in [6.45, 7) is 7.47. The minimum absolute atomic E-state index is 0.0132. The zero-order valence-corrected chi connectivity index (χ0v) is 18.3. The van der Waals surface area contributed by atoms with Crippen molar-refractivity contribution in [1.82, 2.24) is 0 Å². The average Bonchev–Trinajstić information content (AvgIpc) is 2.61. The maximum atomic E-state index is 11.7. The van der Waals surface area contributed by atoms with Crippen molar-refractivity contribution in [2.75, 3.05) is 6.61 Å². The van der Waals surface area contributed by atoms with Gasteiger partial charge >= 0.3 is 5.97 Å². The molecule has 0 saturated heterocycles. The second-order valence-corrected chi connectivity index (χ2v) is 8.46. The first-order valence-electron chi connectivity index (χ1n) is 11.8. The van der Waals surface area contributed by atoms with Gasteiger partial charge in [-0.3, -0.25) is 4.79 Å². The quantitative estimate of drug-likeness (QED) is 0.160. The van der Waals surface area contributed by atoms with Gasteiger partial charge in [-0.2, -0.15) is 0 Å². The molecule has 0 saturated carbocycles. The van der Waals surface area contributed by atoms with E-state index in [0.29, 0.717) is 13.0 Å². The van der Waals surface area contributed by atoms with Crippen LogP contribution >= 0.6 is 0 Å². The maximum Gasteiger partial charge on any atom is 0.305 e. The van der Waals surface area contributed by atoms with E-state index in [0.717, 1.165) is 18.8 Å². The number of hydrogen-bond donors (Lipinski definition) is 0. The van der Waals surface area contributed by atoms with Gasteiger partial charge < -0.3 is 4.74 Å². The van der Waals surface area contributed by atoms with Crippen LogP contribution in [0.15, 0.2) is 0 Å². The molecular formula is C24H48O2. The molecule has 0 fully saturated rings. The lowest BCUT2D eigenvalue weighted by atomic mass is 10.0. The third-order valence-corrected chi connectivity index (χ3v) is 5.17. The van der Waals surface area contributed by atoms with Crippen molar-refractivity contribution < 1.29 is 9.53 Å². The first kappa shape index (κ1) is 25.5. The molecule has 156 valence electrons. The summed E-state index contributed by atoms with van der Waals surface area (Å²) < 4.78 is 5.34. The number of esters is 1. The van der Waals surface area contributed by atoms with Gasteiger partial charge in [0.05, 0.1) is 6.61 Å². The van der Waals surface area contributed by atoms with Crippen LogP contribution in [0.4, 0.5) is 0 Å². The van der Waals surface area contributed by atoms with Crippen LogP contribution in [0.3, 0.4) is 0 Å². The Balaban J connectivity index is 3.15. The van der Waals surface area contributed by atoms with Crippen molar-refractivity contribution >= 4 is 5.97 Å². The van der Waals surface area contributed by atoms with Crippen molar-refractivity contribution in [3.8, 4) is 0 Å². The molecule has 26 heavy (non-hydrogen) atoms. The number of unbranched alkanes of at least 4 members (excludes halogenated alkanes) is 14. The van der Waals surface area contributed by atoms with Gasteiger partial charge in [0, 0.05) is 6.42 Å². The lowest BCUT2D eigenvalue weighted by molar-refractivity contribution is -0.143. The molecule has 0 aromatic heterocycles. The molecular weight excluding hydrogens is 320 g/mol. The van der Waals surface area contributed by atoms with Gasteiger partial charge in [-0.05, 0) is 18.8 Å². The lowest BCUT2D eigenvalue weighted by Crippen LogP contribution is -2.05. The fraction of sp³-hybridized carbons (Fsp3) is 0.958. The molecule has 2 heteroatoms. The Hall–Kier alpha value is -0.530. The van der Waals surface area contributed by atoms with Crippen molar-refractivity contribution in [3.05, 3.63) is 0 Å². The molecule has 0 radical (unpaired) electrons. The second kappa shape index (κ2) is 20.8. The Morgan fingerprint density at radius 2 is 1.12 bits per heavy atom. The highest BCUT2D eigenvalue weighted by molar-refractivity contribution is 5.69. The van der Waals surface area contributed by atoms with Crippen molar-refractivity contribution in [1.29, 1.82) is 0 Å². The molecule has 0 amide bonds. The smallest absolute Gasteiger partial charge is 0.305 e. The van der Waals surface area contributed by atoms with Crippen molar-refractivity contribution in [2.45, 2.75) is 136 Å². The van der Waals surface area contributed by atoms with E-state index in [9.17, 15) is 4.79 Å². The van der Waals surface area contributed by atoms with Crippen LogP contribution in [0.1, 0.15) is 136 Å². The molecule has 2 nitrogen and oxygen atoms in total. The molecule has 0 bridgehead atoms. The Morgan fingerprint density at radius 3 is 1.65 bits per heavy atom. The molecule has 0 N–H and O–H groups in total. The monoisotopic (exact) mass is 368 g/mol. The molecule has 0 rings (SSSR count). The van der Waals surface area contributed by atoms with E-state index >= 15 is 0 Å². The van der Waals surface area contributed by atoms with Gasteiger partial charge in [-0.25, -0.2) is 0 Å². The van der Waals surface area contributed by atoms with Crippen LogP contribution in [0, 0.1) is 5.92 Å². The highest BCUT2D eigenvalue weighted by Gasteiger charge is 2.02. The molecule has 0 atom stereocenters. The Bertz CT molecular complexity index is 286. The number of carbonyl (C=O) groups is 1. The van der Waals surface area contributed by atoms with Crippen LogP contribution in [0.2, 0.25) is 0 Å². The second-order valence-electron chi connectivity index (χ2n) is 8.46. The molecule has 0 aliphatic rings. The minimum atomic E-state index is 0.0132. The first-order valence-corrected chi connectivity index (χ1v) is 11.8. The summed E-state index contributed by atoms with van der Waals surface area (Å²) in [4.78, 5) is 11.7. The van der Waals surface area contributed by atoms with E-state index in [4.69, 9.17) is 4.74 Å². The number of hydrogen-bond acceptors (Lipinski definition) is 2. The summed E-state index contributed by atoms with van der Waals surface area (Å²) in [5.74, 6) is 0.833. The molecule has 0 aliphatic heterocycles. The van der Waals surface area contributed by atoms with Gasteiger partial charge in [0.1, 0.15) is 0 Å². The highest BCUT2D eigenvalue weighted by Crippen LogP contribution is 2.13. The van der Waals surface area contributed by atoms with Crippen LogP contribution < -0.4 is 0 Å². The Morgan fingerprint density at radius 1 is 0.654 bits per heavy atom. The van der Waals surface area contributed by atoms with E-state index in [-0.39, 0.29) is 5.97 Å². The van der Waals surface area contributed by atoms with Crippen LogP contribution in [0.5, 0.6) is 0 Å². The summed E-state index contributed by atoms with van der Waals surface area (Å²) in [5.41, 5.74) is 0. The van der Waals surface area contributed by atoms with E-state index in [1.165, 1.54) is 96.3 Å². The third-order valence-electron chi connectivity index (χ3n) is 5.17. The summed E-state index contributed by atoms with van der Waals surface area (Å²) >= 11 is 0. The number of ether oxygens (including phenoxy) is 1. The van der Waals surface area contributed by atoms with Gasteiger partial charge in [-0.15, -0.1) is 0 Å². The normalized spacial score (nSPS) is 11.2. The minimum Gasteiger partial charge on any atom is -0.466 e. The Labute approximate surface area is 164 Å². The van der Waals surface area contributed by atoms with Crippen LogP contribution in [0.25, 0.3) is 0 Å². The lowest BCUT2D eigenvalue weighted by Gasteiger charge is -2.06. The summed E-state index contributed by atoms with van der Waals surface area (Å²) in [6.07, 6.45) is 22.7. The van der Waals surface area contributed by atoms with E-state index in [2.05, 4.69) is 20.8 Å². The van der Waals surface area contributed by atoms with E-state index in [1.54, 1.807) is 0 Å². The van der Waals surface area contributed by atoms with Crippen LogP contribution in [-0.2, 0) is 9.53 Å². The zero-order chi connectivity index (χ0) is 19.3. The fourth-order valence-electron chi connectivity index (χ4n) is 3.38.